The van der Waals surface area contributed by atoms with Crippen LogP contribution in [-0.4, -0.2) is 8.80 Å². The molecule has 1 saturated heterocycles. The van der Waals surface area contributed by atoms with Crippen molar-refractivity contribution in [3.63, 3.8) is 0 Å². The number of unbranched alkanes of at least 4 members (excludes halogenated alkanes) is 3. The zero-order valence-electron chi connectivity index (χ0n) is 20.2. The molecule has 2 aliphatic rings. The van der Waals surface area contributed by atoms with Gasteiger partial charge in [-0.15, -0.1) is 0 Å². The molecule has 1 aliphatic carbocycles. The maximum atomic E-state index is 14.5. The van der Waals surface area contributed by atoms with Crippen LogP contribution in [0, 0.1) is 23.5 Å². The van der Waals surface area contributed by atoms with Crippen LogP contribution in [0.25, 0.3) is 0 Å². The Hall–Kier alpha value is -0.703. The average Bonchev–Trinajstić information content (AvgIpc) is 2.80. The van der Waals surface area contributed by atoms with Crippen molar-refractivity contribution in [1.29, 1.82) is 0 Å². The molecular formula is C28H46F2Si. The van der Waals surface area contributed by atoms with Crippen LogP contribution in [0.5, 0.6) is 0 Å². The molecule has 2 fully saturated rings. The van der Waals surface area contributed by atoms with Gasteiger partial charge in [0.2, 0.25) is 0 Å². The first-order chi connectivity index (χ1) is 15.1. The predicted octanol–water partition coefficient (Wildman–Crippen LogP) is 9.19. The normalized spacial score (nSPS) is 26.8. The van der Waals surface area contributed by atoms with Crippen LogP contribution in [-0.2, 0) is 6.42 Å². The molecule has 0 nitrogen and oxygen atoms in total. The molecule has 0 spiro atoms. The maximum absolute atomic E-state index is 14.5. The lowest BCUT2D eigenvalue weighted by molar-refractivity contribution is 0.292. The number of aryl methyl sites for hydroxylation is 1. The highest BCUT2D eigenvalue weighted by atomic mass is 28.3. The standard InChI is InChI=1S/C28H46F2Si/c1-3-5-8-19-31-20-17-23(18-21-31)10-7-6-9-22-11-13-25(14-12-22)26-16-15-24(4-2)27(29)28(26)30/h15-16,22-23,25,31H,3-14,17-21H2,1-2H3/t22-,23-,25-,31-. The van der Waals surface area contributed by atoms with Crippen molar-refractivity contribution >= 4 is 8.80 Å². The summed E-state index contributed by atoms with van der Waals surface area (Å²) >= 11 is 0. The second-order valence-corrected chi connectivity index (χ2v) is 14.1. The molecule has 1 aromatic rings. The number of benzene rings is 1. The molecule has 31 heavy (non-hydrogen) atoms. The van der Waals surface area contributed by atoms with E-state index in [1.54, 1.807) is 24.2 Å². The van der Waals surface area contributed by atoms with Gasteiger partial charge in [0.25, 0.3) is 0 Å². The summed E-state index contributed by atoms with van der Waals surface area (Å²) in [7, 11) is -0.355. The lowest BCUT2D eigenvalue weighted by Gasteiger charge is -2.30. The van der Waals surface area contributed by atoms with Gasteiger partial charge < -0.3 is 0 Å². The van der Waals surface area contributed by atoms with E-state index in [2.05, 4.69) is 6.92 Å². The Kier molecular flexibility index (Phi) is 10.5. The second-order valence-electron chi connectivity index (χ2n) is 10.7. The van der Waals surface area contributed by atoms with Gasteiger partial charge in [0.05, 0.1) is 0 Å². The first-order valence-electron chi connectivity index (χ1n) is 13.6. The summed E-state index contributed by atoms with van der Waals surface area (Å²) in [5, 5.41) is 0. The molecular weight excluding hydrogens is 402 g/mol. The molecule has 3 heteroatoms. The third-order valence-corrected chi connectivity index (χ3v) is 12.0. The molecule has 3 rings (SSSR count). The van der Waals surface area contributed by atoms with Crippen molar-refractivity contribution in [3.05, 3.63) is 34.9 Å². The number of halogens is 2. The van der Waals surface area contributed by atoms with Crippen molar-refractivity contribution in [1.82, 2.24) is 0 Å². The van der Waals surface area contributed by atoms with E-state index in [4.69, 9.17) is 0 Å². The Morgan fingerprint density at radius 3 is 2.03 bits per heavy atom. The fraction of sp³-hybridized carbons (Fsp3) is 0.786. The van der Waals surface area contributed by atoms with Crippen LogP contribution in [0.15, 0.2) is 12.1 Å². The van der Waals surface area contributed by atoms with E-state index in [1.807, 2.05) is 13.0 Å². The van der Waals surface area contributed by atoms with E-state index in [-0.39, 0.29) is 14.7 Å². The monoisotopic (exact) mass is 448 g/mol. The van der Waals surface area contributed by atoms with Crippen molar-refractivity contribution in [3.8, 4) is 0 Å². The van der Waals surface area contributed by atoms with Crippen molar-refractivity contribution < 1.29 is 8.78 Å². The lowest BCUT2D eigenvalue weighted by Crippen LogP contribution is -2.21. The number of rotatable bonds is 11. The summed E-state index contributed by atoms with van der Waals surface area (Å²) in [6.07, 6.45) is 18.0. The van der Waals surface area contributed by atoms with Crippen LogP contribution < -0.4 is 0 Å². The minimum atomic E-state index is -0.611. The van der Waals surface area contributed by atoms with E-state index in [0.29, 0.717) is 17.5 Å². The van der Waals surface area contributed by atoms with Crippen LogP contribution in [0.2, 0.25) is 18.1 Å². The minimum absolute atomic E-state index is 0.216. The minimum Gasteiger partial charge on any atom is -0.203 e. The zero-order valence-corrected chi connectivity index (χ0v) is 21.4. The largest absolute Gasteiger partial charge is 0.203 e. The average molecular weight is 449 g/mol. The summed E-state index contributed by atoms with van der Waals surface area (Å²) in [6.45, 7) is 4.19. The van der Waals surface area contributed by atoms with Gasteiger partial charge in [-0.1, -0.05) is 102 Å². The van der Waals surface area contributed by atoms with Gasteiger partial charge in [-0.05, 0) is 61.0 Å². The molecule has 0 radical (unpaired) electrons. The first-order valence-corrected chi connectivity index (χ1v) is 16.0. The predicted molar refractivity (Wildman–Crippen MR) is 133 cm³/mol. The van der Waals surface area contributed by atoms with Gasteiger partial charge in [-0.25, -0.2) is 8.78 Å². The van der Waals surface area contributed by atoms with Crippen molar-refractivity contribution in [2.75, 3.05) is 0 Å². The van der Waals surface area contributed by atoms with Gasteiger partial charge in [-0.2, -0.15) is 0 Å². The maximum Gasteiger partial charge on any atom is 0.162 e. The number of hydrogen-bond acceptors (Lipinski definition) is 0. The van der Waals surface area contributed by atoms with E-state index >= 15 is 0 Å². The molecule has 0 unspecified atom stereocenters. The summed E-state index contributed by atoms with van der Waals surface area (Å²) in [5.41, 5.74) is 1.13. The van der Waals surface area contributed by atoms with E-state index < -0.39 is 11.6 Å². The summed E-state index contributed by atoms with van der Waals surface area (Å²) in [5.74, 6) is 0.856. The van der Waals surface area contributed by atoms with Crippen LogP contribution in [0.1, 0.15) is 114 Å². The summed E-state index contributed by atoms with van der Waals surface area (Å²) in [6, 6.07) is 8.50. The highest BCUT2D eigenvalue weighted by Crippen LogP contribution is 2.40. The smallest absolute Gasteiger partial charge is 0.162 e. The Balaban J connectivity index is 1.29. The molecule has 0 atom stereocenters. The van der Waals surface area contributed by atoms with Gasteiger partial charge in [0, 0.05) is 8.80 Å². The highest BCUT2D eigenvalue weighted by Gasteiger charge is 2.26. The van der Waals surface area contributed by atoms with Crippen LogP contribution in [0.3, 0.4) is 0 Å². The summed E-state index contributed by atoms with van der Waals surface area (Å²) < 4.78 is 28.7. The van der Waals surface area contributed by atoms with Gasteiger partial charge >= 0.3 is 0 Å². The van der Waals surface area contributed by atoms with E-state index in [1.165, 1.54) is 70.6 Å². The Morgan fingerprint density at radius 2 is 1.42 bits per heavy atom. The van der Waals surface area contributed by atoms with E-state index in [9.17, 15) is 8.78 Å². The first kappa shape index (κ1) is 24.9. The molecule has 1 aromatic carbocycles. The van der Waals surface area contributed by atoms with Crippen molar-refractivity contribution in [2.45, 2.75) is 128 Å². The third-order valence-electron chi connectivity index (χ3n) is 8.52. The molecule has 0 aromatic heterocycles. The molecule has 176 valence electrons. The Morgan fingerprint density at radius 1 is 0.774 bits per heavy atom. The summed E-state index contributed by atoms with van der Waals surface area (Å²) in [4.78, 5) is 0. The van der Waals surface area contributed by atoms with Gasteiger partial charge in [-0.3, -0.25) is 0 Å². The topological polar surface area (TPSA) is 0 Å². The van der Waals surface area contributed by atoms with Gasteiger partial charge in [0.1, 0.15) is 0 Å². The number of hydrogen-bond donors (Lipinski definition) is 0. The van der Waals surface area contributed by atoms with Gasteiger partial charge in [0.15, 0.2) is 11.6 Å². The second kappa shape index (κ2) is 13.1. The lowest BCUT2D eigenvalue weighted by atomic mass is 9.76. The molecule has 0 amide bonds. The molecule has 1 heterocycles. The van der Waals surface area contributed by atoms with E-state index in [0.717, 1.165) is 24.7 Å². The highest BCUT2D eigenvalue weighted by molar-refractivity contribution is 6.58. The van der Waals surface area contributed by atoms with Crippen LogP contribution in [0.4, 0.5) is 8.78 Å². The molecule has 0 bridgehead atoms. The fourth-order valence-electron chi connectivity index (χ4n) is 6.31. The quantitative estimate of drug-likeness (QED) is 0.234. The van der Waals surface area contributed by atoms with Crippen LogP contribution >= 0.6 is 0 Å². The Bertz CT molecular complexity index is 643. The molecule has 0 N–H and O–H groups in total. The molecule has 1 aliphatic heterocycles. The zero-order chi connectivity index (χ0) is 22.1. The van der Waals surface area contributed by atoms with Crippen molar-refractivity contribution in [2.24, 2.45) is 11.8 Å². The SMILES string of the molecule is CCCCC[Si@H]1CC[C@H](CCCC[C@H]2CC[C@H](c3ccc(CC)c(F)c3F)CC2)CC1. The fourth-order valence-corrected chi connectivity index (χ4v) is 9.93. The molecule has 1 saturated carbocycles. The Labute approximate surface area is 192 Å². The third kappa shape index (κ3) is 7.40.